The zero-order chi connectivity index (χ0) is 25.8. The molecule has 0 aliphatic carbocycles. The maximum atomic E-state index is 12.9. The van der Waals surface area contributed by atoms with E-state index in [0.29, 0.717) is 34.0 Å². The fraction of sp³-hybridized carbons (Fsp3) is 0.185. The van der Waals surface area contributed by atoms with Gasteiger partial charge in [-0.1, -0.05) is 0 Å². The Labute approximate surface area is 212 Å². The Balaban J connectivity index is 1.40. The van der Waals surface area contributed by atoms with E-state index in [2.05, 4.69) is 5.32 Å². The molecule has 1 fully saturated rings. The van der Waals surface area contributed by atoms with Gasteiger partial charge in [0.05, 0.1) is 25.2 Å². The van der Waals surface area contributed by atoms with E-state index >= 15 is 0 Å². The van der Waals surface area contributed by atoms with Crippen molar-refractivity contribution in [1.82, 2.24) is 0 Å². The van der Waals surface area contributed by atoms with Gasteiger partial charge in [-0.2, -0.15) is 0 Å². The van der Waals surface area contributed by atoms with E-state index in [0.717, 1.165) is 4.90 Å². The van der Waals surface area contributed by atoms with Gasteiger partial charge in [-0.15, -0.1) is 11.8 Å². The number of imide groups is 1. The average Bonchev–Trinajstić information content (AvgIpc) is 3.16. The van der Waals surface area contributed by atoms with Gasteiger partial charge in [0, 0.05) is 28.1 Å². The monoisotopic (exact) mass is 504 g/mol. The highest BCUT2D eigenvalue weighted by Crippen LogP contribution is 2.34. The van der Waals surface area contributed by atoms with E-state index in [-0.39, 0.29) is 29.9 Å². The number of hydrogen-bond acceptors (Lipinski definition) is 7. The molecule has 3 aromatic carbocycles. The highest BCUT2D eigenvalue weighted by Gasteiger charge is 2.40. The van der Waals surface area contributed by atoms with Gasteiger partial charge in [-0.3, -0.25) is 19.2 Å². The highest BCUT2D eigenvalue weighted by atomic mass is 32.2. The van der Waals surface area contributed by atoms with Crippen LogP contribution < -0.4 is 19.7 Å². The summed E-state index contributed by atoms with van der Waals surface area (Å²) < 4.78 is 10.4. The second-order valence-electron chi connectivity index (χ2n) is 8.03. The third-order valence-electron chi connectivity index (χ3n) is 5.67. The number of nitrogens with zero attached hydrogens (tertiary/aromatic N) is 1. The van der Waals surface area contributed by atoms with Crippen LogP contribution in [0.15, 0.2) is 71.6 Å². The molecule has 1 saturated heterocycles. The summed E-state index contributed by atoms with van der Waals surface area (Å²) in [6.07, 6.45) is 0.0791. The molecule has 0 aromatic heterocycles. The van der Waals surface area contributed by atoms with Gasteiger partial charge in [-0.05, 0) is 73.7 Å². The number of methoxy groups -OCH3 is 2. The first-order chi connectivity index (χ1) is 17.3. The molecule has 1 unspecified atom stereocenters. The van der Waals surface area contributed by atoms with Gasteiger partial charge in [0.1, 0.15) is 0 Å². The van der Waals surface area contributed by atoms with E-state index in [1.54, 1.807) is 66.7 Å². The number of carbonyl (C=O) groups is 4. The number of thioether (sulfide) groups is 1. The molecule has 36 heavy (non-hydrogen) atoms. The lowest BCUT2D eigenvalue weighted by Crippen LogP contribution is -2.31. The van der Waals surface area contributed by atoms with Crippen molar-refractivity contribution >= 4 is 46.6 Å². The minimum atomic E-state index is -0.558. The molecule has 4 rings (SSSR count). The van der Waals surface area contributed by atoms with Crippen LogP contribution in [0.1, 0.15) is 34.1 Å². The predicted octanol–water partition coefficient (Wildman–Crippen LogP) is 4.58. The maximum Gasteiger partial charge on any atom is 0.255 e. The minimum absolute atomic E-state index is 0.0791. The normalized spacial score (nSPS) is 15.1. The summed E-state index contributed by atoms with van der Waals surface area (Å²) in [6.45, 7) is 1.46. The van der Waals surface area contributed by atoms with E-state index in [1.807, 2.05) is 0 Å². The third-order valence-corrected chi connectivity index (χ3v) is 6.87. The molecule has 1 atom stereocenters. The smallest absolute Gasteiger partial charge is 0.255 e. The SMILES string of the molecule is COc1ccc(C(=O)Nc2ccc(SC3CC(=O)N(c4ccc(C(C)=O)cc4)C3=O)cc2)cc1OC. The third kappa shape index (κ3) is 5.26. The molecule has 1 heterocycles. The lowest BCUT2D eigenvalue weighted by Gasteiger charge is -2.15. The van der Waals surface area contributed by atoms with Crippen molar-refractivity contribution < 1.29 is 28.7 Å². The Morgan fingerprint density at radius 1 is 0.889 bits per heavy atom. The fourth-order valence-electron chi connectivity index (χ4n) is 3.77. The number of Topliss-reactive ketones (excluding diaryl/α,β-unsaturated/α-hetero) is 1. The lowest BCUT2D eigenvalue weighted by atomic mass is 10.1. The Morgan fingerprint density at radius 3 is 2.14 bits per heavy atom. The van der Waals surface area contributed by atoms with Crippen LogP contribution in [-0.2, 0) is 9.59 Å². The molecule has 1 N–H and O–H groups in total. The van der Waals surface area contributed by atoms with Crippen molar-refractivity contribution in [3.8, 4) is 11.5 Å². The molecule has 184 valence electrons. The van der Waals surface area contributed by atoms with Crippen LogP contribution in [0.3, 0.4) is 0 Å². The molecule has 3 amide bonds. The quantitative estimate of drug-likeness (QED) is 0.354. The van der Waals surface area contributed by atoms with E-state index < -0.39 is 5.25 Å². The number of ether oxygens (including phenoxy) is 2. The van der Waals surface area contributed by atoms with Crippen LogP contribution in [0, 0.1) is 0 Å². The number of amides is 3. The van der Waals surface area contributed by atoms with Gasteiger partial charge in [0.25, 0.3) is 5.91 Å². The van der Waals surface area contributed by atoms with Crippen LogP contribution in [0.2, 0.25) is 0 Å². The van der Waals surface area contributed by atoms with Gasteiger partial charge in [-0.25, -0.2) is 4.90 Å². The first kappa shape index (κ1) is 25.0. The lowest BCUT2D eigenvalue weighted by molar-refractivity contribution is -0.121. The molecule has 9 heteroatoms. The van der Waals surface area contributed by atoms with Crippen molar-refractivity contribution in [2.24, 2.45) is 0 Å². The molecule has 1 aliphatic heterocycles. The van der Waals surface area contributed by atoms with Crippen LogP contribution in [-0.4, -0.2) is 43.0 Å². The molecule has 0 spiro atoms. The van der Waals surface area contributed by atoms with Crippen molar-refractivity contribution in [3.05, 3.63) is 77.9 Å². The summed E-state index contributed by atoms with van der Waals surface area (Å²) >= 11 is 1.29. The first-order valence-electron chi connectivity index (χ1n) is 11.1. The molecular weight excluding hydrogens is 480 g/mol. The van der Waals surface area contributed by atoms with Crippen LogP contribution in [0.5, 0.6) is 11.5 Å². The zero-order valence-electron chi connectivity index (χ0n) is 19.9. The maximum absolute atomic E-state index is 12.9. The van der Waals surface area contributed by atoms with E-state index in [9.17, 15) is 19.2 Å². The van der Waals surface area contributed by atoms with Crippen LogP contribution in [0.25, 0.3) is 0 Å². The summed E-state index contributed by atoms with van der Waals surface area (Å²) in [5, 5.41) is 2.27. The summed E-state index contributed by atoms with van der Waals surface area (Å²) in [5.41, 5.74) is 1.96. The molecular formula is C27H24N2O6S. The number of nitrogens with one attached hydrogen (secondary N) is 1. The molecule has 0 saturated carbocycles. The topological polar surface area (TPSA) is 102 Å². The molecule has 8 nitrogen and oxygen atoms in total. The Morgan fingerprint density at radius 2 is 1.53 bits per heavy atom. The number of rotatable bonds is 8. The van der Waals surface area contributed by atoms with E-state index in [1.165, 1.54) is 37.8 Å². The molecule has 0 radical (unpaired) electrons. The average molecular weight is 505 g/mol. The Kier molecular flexibility index (Phi) is 7.40. The van der Waals surface area contributed by atoms with Crippen molar-refractivity contribution in [1.29, 1.82) is 0 Å². The summed E-state index contributed by atoms with van der Waals surface area (Å²) in [5.74, 6) is 0.00795. The largest absolute Gasteiger partial charge is 0.493 e. The standard InChI is InChI=1S/C27H24N2O6S/c1-16(30)17-4-9-20(10-5-17)29-25(31)15-24(27(29)33)36-21-11-7-19(8-12-21)28-26(32)18-6-13-22(34-2)23(14-18)35-3/h4-14,24H,15H2,1-3H3,(H,28,32). The highest BCUT2D eigenvalue weighted by molar-refractivity contribution is 8.00. The molecule has 1 aliphatic rings. The number of benzene rings is 3. The van der Waals surface area contributed by atoms with Crippen molar-refractivity contribution in [2.45, 2.75) is 23.5 Å². The minimum Gasteiger partial charge on any atom is -0.493 e. The van der Waals surface area contributed by atoms with Gasteiger partial charge in [0.2, 0.25) is 11.8 Å². The van der Waals surface area contributed by atoms with Crippen molar-refractivity contribution in [2.75, 3.05) is 24.4 Å². The molecule has 0 bridgehead atoms. The number of anilines is 2. The van der Waals surface area contributed by atoms with Gasteiger partial charge in [0.15, 0.2) is 17.3 Å². The van der Waals surface area contributed by atoms with Crippen LogP contribution in [0.4, 0.5) is 11.4 Å². The number of hydrogen-bond donors (Lipinski definition) is 1. The molecule has 3 aromatic rings. The van der Waals surface area contributed by atoms with Gasteiger partial charge >= 0.3 is 0 Å². The zero-order valence-corrected chi connectivity index (χ0v) is 20.8. The predicted molar refractivity (Wildman–Crippen MR) is 137 cm³/mol. The first-order valence-corrected chi connectivity index (χ1v) is 12.0. The van der Waals surface area contributed by atoms with E-state index in [4.69, 9.17) is 9.47 Å². The van der Waals surface area contributed by atoms with Gasteiger partial charge < -0.3 is 14.8 Å². The number of carbonyl (C=O) groups excluding carboxylic acids is 4. The summed E-state index contributed by atoms with van der Waals surface area (Å²) in [6, 6.07) is 18.4. The second-order valence-corrected chi connectivity index (χ2v) is 9.31. The Hall–Kier alpha value is -4.11. The van der Waals surface area contributed by atoms with Crippen LogP contribution >= 0.6 is 11.8 Å². The fourth-order valence-corrected chi connectivity index (χ4v) is 4.83. The summed E-state index contributed by atoms with van der Waals surface area (Å²) in [4.78, 5) is 51.6. The second kappa shape index (κ2) is 10.7. The summed E-state index contributed by atoms with van der Waals surface area (Å²) in [7, 11) is 3.03. The van der Waals surface area contributed by atoms with Crippen molar-refractivity contribution in [3.63, 3.8) is 0 Å². The number of ketones is 1. The Bertz CT molecular complexity index is 1320.